The zero-order chi connectivity index (χ0) is 21.5. The number of benzene rings is 2. The number of likely N-dealkylation sites (tertiary alicyclic amines) is 1. The molecule has 2 atom stereocenters. The highest BCUT2D eigenvalue weighted by molar-refractivity contribution is 5.82. The first-order valence-corrected chi connectivity index (χ1v) is 10.6. The summed E-state index contributed by atoms with van der Waals surface area (Å²) in [6, 6.07) is 15.5. The fraction of sp³-hybridized carbons (Fsp3) is 0.458. The van der Waals surface area contributed by atoms with Crippen molar-refractivity contribution in [3.05, 3.63) is 54.1 Å². The second-order valence-corrected chi connectivity index (χ2v) is 7.63. The third-order valence-electron chi connectivity index (χ3n) is 5.72. The number of hydrogen-bond donors (Lipinski definition) is 1. The van der Waals surface area contributed by atoms with Gasteiger partial charge in [0.25, 0.3) is 0 Å². The summed E-state index contributed by atoms with van der Waals surface area (Å²) in [5.74, 6) is 1.57. The SMILES string of the molecule is CCC(O)CN(CC(=O)N1CCCC1c1cc(OC)ccc1OC)c1ccccc1. The van der Waals surface area contributed by atoms with E-state index in [1.165, 1.54) is 0 Å². The summed E-state index contributed by atoms with van der Waals surface area (Å²) in [7, 11) is 3.29. The minimum atomic E-state index is -0.481. The lowest BCUT2D eigenvalue weighted by atomic mass is 10.0. The van der Waals surface area contributed by atoms with Crippen LogP contribution in [0.3, 0.4) is 0 Å². The van der Waals surface area contributed by atoms with Gasteiger partial charge in [0.1, 0.15) is 11.5 Å². The van der Waals surface area contributed by atoms with E-state index in [-0.39, 0.29) is 18.5 Å². The van der Waals surface area contributed by atoms with Gasteiger partial charge >= 0.3 is 0 Å². The average Bonchev–Trinajstić information content (AvgIpc) is 3.28. The smallest absolute Gasteiger partial charge is 0.242 e. The van der Waals surface area contributed by atoms with E-state index >= 15 is 0 Å². The predicted molar refractivity (Wildman–Crippen MR) is 118 cm³/mol. The van der Waals surface area contributed by atoms with E-state index in [4.69, 9.17) is 9.47 Å². The number of hydrogen-bond acceptors (Lipinski definition) is 5. The summed E-state index contributed by atoms with van der Waals surface area (Å²) in [5.41, 5.74) is 1.91. The number of anilines is 1. The molecular weight excluding hydrogens is 380 g/mol. The molecule has 2 aromatic carbocycles. The standard InChI is InChI=1S/C24H32N2O4/c1-4-19(27)16-25(18-9-6-5-7-10-18)17-24(28)26-14-8-11-22(26)21-15-20(29-2)12-13-23(21)30-3/h5-7,9-10,12-13,15,19,22,27H,4,8,11,14,16-17H2,1-3H3. The van der Waals surface area contributed by atoms with Crippen LogP contribution < -0.4 is 14.4 Å². The van der Waals surface area contributed by atoms with Crippen molar-refractivity contribution in [2.75, 3.05) is 38.8 Å². The topological polar surface area (TPSA) is 62.2 Å². The van der Waals surface area contributed by atoms with Crippen molar-refractivity contribution in [2.24, 2.45) is 0 Å². The Bertz CT molecular complexity index is 827. The van der Waals surface area contributed by atoms with Crippen LogP contribution in [0, 0.1) is 0 Å². The molecule has 1 aliphatic heterocycles. The maximum absolute atomic E-state index is 13.4. The molecule has 6 heteroatoms. The number of ether oxygens (including phenoxy) is 2. The van der Waals surface area contributed by atoms with Crippen LogP contribution in [-0.2, 0) is 4.79 Å². The molecule has 1 amide bonds. The number of carbonyl (C=O) groups excluding carboxylic acids is 1. The number of methoxy groups -OCH3 is 2. The lowest BCUT2D eigenvalue weighted by Crippen LogP contribution is -2.43. The van der Waals surface area contributed by atoms with Crippen LogP contribution in [0.1, 0.15) is 37.8 Å². The van der Waals surface area contributed by atoms with Gasteiger partial charge in [-0.05, 0) is 49.6 Å². The molecule has 30 heavy (non-hydrogen) atoms. The third kappa shape index (κ3) is 5.05. The van der Waals surface area contributed by atoms with Crippen molar-refractivity contribution in [1.29, 1.82) is 0 Å². The van der Waals surface area contributed by atoms with Crippen LogP contribution in [0.4, 0.5) is 5.69 Å². The van der Waals surface area contributed by atoms with Crippen LogP contribution in [0.2, 0.25) is 0 Å². The number of rotatable bonds is 9. The number of aliphatic hydroxyl groups is 1. The molecule has 6 nitrogen and oxygen atoms in total. The monoisotopic (exact) mass is 412 g/mol. The number of nitrogens with zero attached hydrogens (tertiary/aromatic N) is 2. The second-order valence-electron chi connectivity index (χ2n) is 7.63. The van der Waals surface area contributed by atoms with Crippen LogP contribution in [0.25, 0.3) is 0 Å². The number of aliphatic hydroxyl groups excluding tert-OH is 1. The summed E-state index contributed by atoms with van der Waals surface area (Å²) in [4.78, 5) is 17.3. The highest BCUT2D eigenvalue weighted by Gasteiger charge is 2.33. The normalized spacial score (nSPS) is 16.9. The lowest BCUT2D eigenvalue weighted by Gasteiger charge is -2.31. The maximum Gasteiger partial charge on any atom is 0.242 e. The quantitative estimate of drug-likeness (QED) is 0.681. The molecule has 1 fully saturated rings. The summed E-state index contributed by atoms with van der Waals surface area (Å²) < 4.78 is 11.0. The first-order valence-electron chi connectivity index (χ1n) is 10.6. The summed E-state index contributed by atoms with van der Waals surface area (Å²) in [6.07, 6.45) is 1.99. The summed E-state index contributed by atoms with van der Waals surface area (Å²) in [5, 5.41) is 10.2. The Morgan fingerprint density at radius 1 is 1.20 bits per heavy atom. The van der Waals surface area contributed by atoms with E-state index in [0.29, 0.717) is 19.5 Å². The second kappa shape index (κ2) is 10.3. The summed E-state index contributed by atoms with van der Waals surface area (Å²) in [6.45, 7) is 3.31. The van der Waals surface area contributed by atoms with Gasteiger partial charge in [0, 0.05) is 24.3 Å². The first kappa shape index (κ1) is 22.0. The Kier molecular flexibility index (Phi) is 7.57. The molecule has 0 spiro atoms. The minimum Gasteiger partial charge on any atom is -0.497 e. The molecule has 1 heterocycles. The van der Waals surface area contributed by atoms with Crippen molar-refractivity contribution >= 4 is 11.6 Å². The molecule has 0 aromatic heterocycles. The minimum absolute atomic E-state index is 0.0451. The Hall–Kier alpha value is -2.73. The Labute approximate surface area is 179 Å². The molecule has 0 saturated carbocycles. The van der Waals surface area contributed by atoms with Gasteiger partial charge in [-0.1, -0.05) is 25.1 Å². The largest absolute Gasteiger partial charge is 0.497 e. The molecule has 0 aliphatic carbocycles. The van der Waals surface area contributed by atoms with Gasteiger partial charge in [-0.25, -0.2) is 0 Å². The van der Waals surface area contributed by atoms with Gasteiger partial charge in [0.15, 0.2) is 0 Å². The molecular formula is C24H32N2O4. The van der Waals surface area contributed by atoms with Gasteiger partial charge in [-0.3, -0.25) is 4.79 Å². The molecule has 162 valence electrons. The molecule has 3 rings (SSSR count). The molecule has 1 N–H and O–H groups in total. The zero-order valence-electron chi connectivity index (χ0n) is 18.1. The molecule has 2 unspecified atom stereocenters. The molecule has 0 bridgehead atoms. The van der Waals surface area contributed by atoms with Gasteiger partial charge in [-0.2, -0.15) is 0 Å². The van der Waals surface area contributed by atoms with Crippen LogP contribution in [0.15, 0.2) is 48.5 Å². The lowest BCUT2D eigenvalue weighted by molar-refractivity contribution is -0.130. The first-order chi connectivity index (χ1) is 14.6. The van der Waals surface area contributed by atoms with Crippen molar-refractivity contribution in [2.45, 2.75) is 38.3 Å². The average molecular weight is 413 g/mol. The Balaban J connectivity index is 1.82. The van der Waals surface area contributed by atoms with Gasteiger partial charge in [0.2, 0.25) is 5.91 Å². The zero-order valence-corrected chi connectivity index (χ0v) is 18.1. The Morgan fingerprint density at radius 3 is 2.63 bits per heavy atom. The third-order valence-corrected chi connectivity index (χ3v) is 5.72. The molecule has 0 radical (unpaired) electrons. The molecule has 2 aromatic rings. The van der Waals surface area contributed by atoms with Crippen LogP contribution >= 0.6 is 0 Å². The fourth-order valence-electron chi connectivity index (χ4n) is 4.03. The molecule has 1 aliphatic rings. The van der Waals surface area contributed by atoms with Gasteiger partial charge in [0.05, 0.1) is 32.9 Å². The van der Waals surface area contributed by atoms with Gasteiger partial charge < -0.3 is 24.4 Å². The fourth-order valence-corrected chi connectivity index (χ4v) is 4.03. The van der Waals surface area contributed by atoms with Crippen molar-refractivity contribution in [3.8, 4) is 11.5 Å². The predicted octanol–water partition coefficient (Wildman–Crippen LogP) is 3.64. The van der Waals surface area contributed by atoms with E-state index in [9.17, 15) is 9.90 Å². The number of amides is 1. The van der Waals surface area contributed by atoms with Crippen molar-refractivity contribution < 1.29 is 19.4 Å². The highest BCUT2D eigenvalue weighted by Crippen LogP contribution is 2.39. The number of para-hydroxylation sites is 1. The van der Waals surface area contributed by atoms with E-state index in [0.717, 1.165) is 35.6 Å². The highest BCUT2D eigenvalue weighted by atomic mass is 16.5. The van der Waals surface area contributed by atoms with E-state index < -0.39 is 6.10 Å². The van der Waals surface area contributed by atoms with Crippen LogP contribution in [-0.4, -0.2) is 55.9 Å². The summed E-state index contributed by atoms with van der Waals surface area (Å²) >= 11 is 0. The van der Waals surface area contributed by atoms with E-state index in [2.05, 4.69) is 0 Å². The molecule has 1 saturated heterocycles. The van der Waals surface area contributed by atoms with E-state index in [1.807, 2.05) is 65.3 Å². The Morgan fingerprint density at radius 2 is 1.97 bits per heavy atom. The van der Waals surface area contributed by atoms with Gasteiger partial charge in [-0.15, -0.1) is 0 Å². The number of carbonyl (C=O) groups is 1. The van der Waals surface area contributed by atoms with Crippen molar-refractivity contribution in [1.82, 2.24) is 4.90 Å². The van der Waals surface area contributed by atoms with Crippen LogP contribution in [0.5, 0.6) is 11.5 Å². The maximum atomic E-state index is 13.4. The van der Waals surface area contributed by atoms with E-state index in [1.54, 1.807) is 14.2 Å². The van der Waals surface area contributed by atoms with Crippen molar-refractivity contribution in [3.63, 3.8) is 0 Å².